The number of hydrogen-bond acceptors (Lipinski definition) is 1. The summed E-state index contributed by atoms with van der Waals surface area (Å²) in [5, 5.41) is 2.16. The third-order valence-electron chi connectivity index (χ3n) is 1.55. The summed E-state index contributed by atoms with van der Waals surface area (Å²) in [6.07, 6.45) is 4.16. The van der Waals surface area contributed by atoms with Crippen LogP contribution >= 0.6 is 11.8 Å². The lowest BCUT2D eigenvalue weighted by Gasteiger charge is -1.95. The molecule has 0 heterocycles. The predicted octanol–water partition coefficient (Wildman–Crippen LogP) is 4.26. The molecule has 0 unspecified atom stereocenters. The molecule has 0 bridgehead atoms. The third kappa shape index (κ3) is 4.00. The van der Waals surface area contributed by atoms with Crippen LogP contribution in [0.2, 0.25) is 0 Å². The first-order valence-electron chi connectivity index (χ1n) is 4.34. The minimum absolute atomic E-state index is 1.28. The molecule has 0 atom stereocenters. The molecule has 0 aliphatic rings. The molecule has 0 aliphatic carbocycles. The highest BCUT2D eigenvalue weighted by Crippen LogP contribution is 2.19. The Morgan fingerprint density at radius 3 is 2.54 bits per heavy atom. The molecule has 0 saturated carbocycles. The first-order chi connectivity index (χ1) is 6.33. The topological polar surface area (TPSA) is 0 Å². The molecule has 68 valence electrons. The van der Waals surface area contributed by atoms with Crippen molar-refractivity contribution in [3.63, 3.8) is 0 Å². The van der Waals surface area contributed by atoms with Crippen LogP contribution in [0.4, 0.5) is 0 Å². The van der Waals surface area contributed by atoms with Gasteiger partial charge in [-0.25, -0.2) is 0 Å². The normalized spacial score (nSPS) is 12.3. The van der Waals surface area contributed by atoms with Gasteiger partial charge in [-0.2, -0.15) is 0 Å². The van der Waals surface area contributed by atoms with Crippen molar-refractivity contribution >= 4 is 11.8 Å². The van der Waals surface area contributed by atoms with Gasteiger partial charge >= 0.3 is 0 Å². The first kappa shape index (κ1) is 10.1. The molecular weight excluding hydrogens is 176 g/mol. The first-order valence-corrected chi connectivity index (χ1v) is 5.22. The monoisotopic (exact) mass is 190 g/mol. The van der Waals surface area contributed by atoms with Gasteiger partial charge in [0.1, 0.15) is 0 Å². The zero-order valence-electron chi connectivity index (χ0n) is 8.03. The smallest absolute Gasteiger partial charge is 0.0116 e. The standard InChI is InChI=1S/C12H14S/c1-3-7-11(2)10-13-12-8-5-4-6-9-12/h3-10H,1-2H3/b7-3+,11-10?. The maximum absolute atomic E-state index is 2.16. The molecule has 0 aromatic heterocycles. The molecular formula is C12H14S. The highest BCUT2D eigenvalue weighted by molar-refractivity contribution is 8.02. The van der Waals surface area contributed by atoms with E-state index in [0.717, 1.165) is 0 Å². The molecule has 0 spiro atoms. The van der Waals surface area contributed by atoms with Crippen molar-refractivity contribution in [1.82, 2.24) is 0 Å². The molecule has 1 aromatic carbocycles. The van der Waals surface area contributed by atoms with Crippen LogP contribution in [-0.2, 0) is 0 Å². The fourth-order valence-corrected chi connectivity index (χ4v) is 1.68. The highest BCUT2D eigenvalue weighted by atomic mass is 32.2. The van der Waals surface area contributed by atoms with E-state index in [0.29, 0.717) is 0 Å². The summed E-state index contributed by atoms with van der Waals surface area (Å²) in [5.41, 5.74) is 1.29. The Balaban J connectivity index is 2.56. The van der Waals surface area contributed by atoms with E-state index in [4.69, 9.17) is 0 Å². The maximum atomic E-state index is 2.16. The second-order valence-corrected chi connectivity index (χ2v) is 3.74. The van der Waals surface area contributed by atoms with E-state index < -0.39 is 0 Å². The van der Waals surface area contributed by atoms with E-state index in [2.05, 4.69) is 48.7 Å². The predicted molar refractivity (Wildman–Crippen MR) is 60.9 cm³/mol. The molecule has 13 heavy (non-hydrogen) atoms. The van der Waals surface area contributed by atoms with E-state index in [1.54, 1.807) is 11.8 Å². The molecule has 1 heteroatoms. The Kier molecular flexibility index (Phi) is 4.41. The van der Waals surface area contributed by atoms with Crippen molar-refractivity contribution in [2.45, 2.75) is 18.7 Å². The Bertz CT molecular complexity index is 296. The Morgan fingerprint density at radius 2 is 1.92 bits per heavy atom. The Morgan fingerprint density at radius 1 is 1.23 bits per heavy atom. The number of thioether (sulfide) groups is 1. The second kappa shape index (κ2) is 5.65. The summed E-state index contributed by atoms with van der Waals surface area (Å²) in [5.74, 6) is 0. The van der Waals surface area contributed by atoms with Gasteiger partial charge in [0, 0.05) is 4.90 Å². The van der Waals surface area contributed by atoms with E-state index >= 15 is 0 Å². The van der Waals surface area contributed by atoms with Crippen molar-refractivity contribution in [3.05, 3.63) is 53.5 Å². The fourth-order valence-electron chi connectivity index (χ4n) is 0.962. The summed E-state index contributed by atoms with van der Waals surface area (Å²) >= 11 is 1.76. The van der Waals surface area contributed by atoms with Crippen LogP contribution in [0.3, 0.4) is 0 Å². The lowest BCUT2D eigenvalue weighted by atomic mass is 10.3. The number of rotatable bonds is 3. The summed E-state index contributed by atoms with van der Waals surface area (Å²) in [6, 6.07) is 10.4. The molecule has 0 saturated heterocycles. The number of allylic oxidation sites excluding steroid dienone is 3. The van der Waals surface area contributed by atoms with E-state index in [-0.39, 0.29) is 0 Å². The number of benzene rings is 1. The van der Waals surface area contributed by atoms with Crippen LogP contribution in [-0.4, -0.2) is 0 Å². The van der Waals surface area contributed by atoms with Crippen molar-refractivity contribution in [2.24, 2.45) is 0 Å². The molecule has 0 radical (unpaired) electrons. The summed E-state index contributed by atoms with van der Waals surface area (Å²) < 4.78 is 0. The summed E-state index contributed by atoms with van der Waals surface area (Å²) in [6.45, 7) is 4.14. The second-order valence-electron chi connectivity index (χ2n) is 2.79. The van der Waals surface area contributed by atoms with Gasteiger partial charge in [0.15, 0.2) is 0 Å². The van der Waals surface area contributed by atoms with Crippen LogP contribution in [0.1, 0.15) is 13.8 Å². The molecule has 1 rings (SSSR count). The molecule has 0 N–H and O–H groups in total. The molecule has 0 fully saturated rings. The van der Waals surface area contributed by atoms with Gasteiger partial charge in [0.25, 0.3) is 0 Å². The van der Waals surface area contributed by atoms with Crippen molar-refractivity contribution in [2.75, 3.05) is 0 Å². The zero-order chi connectivity index (χ0) is 9.52. The Labute approximate surface area is 84.4 Å². The van der Waals surface area contributed by atoms with Crippen molar-refractivity contribution in [1.29, 1.82) is 0 Å². The van der Waals surface area contributed by atoms with Gasteiger partial charge in [-0.3, -0.25) is 0 Å². The number of hydrogen-bond donors (Lipinski definition) is 0. The quantitative estimate of drug-likeness (QED) is 0.507. The summed E-state index contributed by atoms with van der Waals surface area (Å²) in [4.78, 5) is 1.28. The van der Waals surface area contributed by atoms with Gasteiger partial charge in [-0.15, -0.1) is 0 Å². The van der Waals surface area contributed by atoms with E-state index in [1.807, 2.05) is 13.0 Å². The average molecular weight is 190 g/mol. The van der Waals surface area contributed by atoms with Gasteiger partial charge in [-0.05, 0) is 37.0 Å². The zero-order valence-corrected chi connectivity index (χ0v) is 8.84. The van der Waals surface area contributed by atoms with Crippen LogP contribution in [0, 0.1) is 0 Å². The fraction of sp³-hybridized carbons (Fsp3) is 0.167. The van der Waals surface area contributed by atoms with Crippen LogP contribution in [0.15, 0.2) is 58.4 Å². The van der Waals surface area contributed by atoms with Crippen LogP contribution in [0.25, 0.3) is 0 Å². The Hall–Kier alpha value is -0.950. The lowest BCUT2D eigenvalue weighted by Crippen LogP contribution is -1.67. The lowest BCUT2D eigenvalue weighted by molar-refractivity contribution is 1.47. The summed E-state index contributed by atoms with van der Waals surface area (Å²) in [7, 11) is 0. The average Bonchev–Trinajstić information content (AvgIpc) is 2.17. The minimum Gasteiger partial charge on any atom is -0.0978 e. The molecule has 1 aromatic rings. The van der Waals surface area contributed by atoms with E-state index in [1.165, 1.54) is 10.5 Å². The van der Waals surface area contributed by atoms with Gasteiger partial charge in [-0.1, -0.05) is 42.1 Å². The van der Waals surface area contributed by atoms with Crippen molar-refractivity contribution < 1.29 is 0 Å². The van der Waals surface area contributed by atoms with Gasteiger partial charge in [0.2, 0.25) is 0 Å². The van der Waals surface area contributed by atoms with Gasteiger partial charge in [0.05, 0.1) is 0 Å². The van der Waals surface area contributed by atoms with Crippen LogP contribution in [0.5, 0.6) is 0 Å². The van der Waals surface area contributed by atoms with Gasteiger partial charge < -0.3 is 0 Å². The molecule has 0 aliphatic heterocycles. The third-order valence-corrected chi connectivity index (χ3v) is 2.59. The maximum Gasteiger partial charge on any atom is 0.0116 e. The SMILES string of the molecule is C/C=C/C(C)=CSc1ccccc1. The molecule has 0 nitrogen and oxygen atoms in total. The highest BCUT2D eigenvalue weighted by Gasteiger charge is 1.87. The van der Waals surface area contributed by atoms with Crippen molar-refractivity contribution in [3.8, 4) is 0 Å². The van der Waals surface area contributed by atoms with Crippen LogP contribution < -0.4 is 0 Å². The molecule has 0 amide bonds. The van der Waals surface area contributed by atoms with E-state index in [9.17, 15) is 0 Å². The minimum atomic E-state index is 1.28. The largest absolute Gasteiger partial charge is 0.0978 e.